The van der Waals surface area contributed by atoms with Crippen molar-refractivity contribution in [3.05, 3.63) is 60.0 Å². The van der Waals surface area contributed by atoms with Crippen LogP contribution in [0.4, 0.5) is 5.69 Å². The highest BCUT2D eigenvalue weighted by molar-refractivity contribution is 5.71. The molecule has 1 heterocycles. The number of hydrogen-bond acceptors (Lipinski definition) is 2. The highest BCUT2D eigenvalue weighted by Crippen LogP contribution is 2.21. The third-order valence-electron chi connectivity index (χ3n) is 2.28. The summed E-state index contributed by atoms with van der Waals surface area (Å²) in [4.78, 5) is 12.5. The maximum Gasteiger partial charge on any atom is 0.151 e. The number of anilines is 1. The topological polar surface area (TPSA) is 20.3 Å². The predicted molar refractivity (Wildman–Crippen MR) is 61.1 cm³/mol. The third kappa shape index (κ3) is 1.90. The predicted octanol–water partition coefficient (Wildman–Crippen LogP) is 2.60. The zero-order valence-electron chi connectivity index (χ0n) is 8.47. The smallest absolute Gasteiger partial charge is 0.151 e. The van der Waals surface area contributed by atoms with Crippen LogP contribution in [-0.2, 0) is 4.79 Å². The number of rotatable bonds is 1. The van der Waals surface area contributed by atoms with Crippen molar-refractivity contribution in [2.45, 2.75) is 6.92 Å². The molecule has 0 N–H and O–H groups in total. The second kappa shape index (κ2) is 3.99. The Morgan fingerprint density at radius 3 is 2.53 bits per heavy atom. The van der Waals surface area contributed by atoms with Crippen LogP contribution in [0, 0.1) is 6.92 Å². The Kier molecular flexibility index (Phi) is 2.53. The molecule has 0 aromatic heterocycles. The van der Waals surface area contributed by atoms with Gasteiger partial charge in [-0.15, -0.1) is 0 Å². The van der Waals surface area contributed by atoms with E-state index in [1.165, 1.54) is 5.56 Å². The van der Waals surface area contributed by atoms with Crippen molar-refractivity contribution in [3.8, 4) is 0 Å². The molecule has 74 valence electrons. The Bertz CT molecular complexity index is 462. The van der Waals surface area contributed by atoms with E-state index in [4.69, 9.17) is 0 Å². The van der Waals surface area contributed by atoms with Crippen LogP contribution in [0.2, 0.25) is 0 Å². The van der Waals surface area contributed by atoms with Gasteiger partial charge in [0, 0.05) is 11.9 Å². The lowest BCUT2D eigenvalue weighted by molar-refractivity contribution is 0.567. The van der Waals surface area contributed by atoms with Crippen molar-refractivity contribution in [1.82, 2.24) is 0 Å². The van der Waals surface area contributed by atoms with E-state index >= 15 is 0 Å². The largest absolute Gasteiger partial charge is 0.308 e. The van der Waals surface area contributed by atoms with Crippen molar-refractivity contribution in [1.29, 1.82) is 0 Å². The molecule has 1 aliphatic heterocycles. The van der Waals surface area contributed by atoms with E-state index in [1.54, 1.807) is 6.08 Å². The van der Waals surface area contributed by atoms with Gasteiger partial charge in [0.25, 0.3) is 0 Å². The Balaban J connectivity index is 2.38. The van der Waals surface area contributed by atoms with Crippen LogP contribution in [0.3, 0.4) is 0 Å². The summed E-state index contributed by atoms with van der Waals surface area (Å²) in [5.74, 6) is 1.92. The zero-order chi connectivity index (χ0) is 10.7. The molecule has 0 atom stereocenters. The summed E-state index contributed by atoms with van der Waals surface area (Å²) in [6, 6.07) is 8.00. The number of allylic oxidation sites excluding steroid dienone is 3. The molecule has 15 heavy (non-hydrogen) atoms. The summed E-state index contributed by atoms with van der Waals surface area (Å²) in [5.41, 5.74) is 2.70. The lowest BCUT2D eigenvalue weighted by Gasteiger charge is -2.20. The van der Waals surface area contributed by atoms with Gasteiger partial charge in [-0.2, -0.15) is 0 Å². The average molecular weight is 197 g/mol. The Morgan fingerprint density at radius 1 is 1.13 bits per heavy atom. The first-order chi connectivity index (χ1) is 7.31. The standard InChI is InChI=1S/C13H11NO/c1-11-5-7-12(8-6-11)14-9-3-2-4-13(14)10-15/h2-9H,1H3. The van der Waals surface area contributed by atoms with E-state index in [2.05, 4.69) is 0 Å². The van der Waals surface area contributed by atoms with Gasteiger partial charge in [0.2, 0.25) is 0 Å². The molecule has 0 unspecified atom stereocenters. The molecule has 2 heteroatoms. The van der Waals surface area contributed by atoms with Gasteiger partial charge in [0.05, 0.1) is 0 Å². The Hall–Kier alpha value is -2.05. The molecule has 0 amide bonds. The maximum atomic E-state index is 10.7. The van der Waals surface area contributed by atoms with Crippen molar-refractivity contribution in [2.24, 2.45) is 0 Å². The van der Waals surface area contributed by atoms with Crippen LogP contribution in [0.5, 0.6) is 0 Å². The molecule has 1 aromatic rings. The van der Waals surface area contributed by atoms with Gasteiger partial charge < -0.3 is 4.90 Å². The van der Waals surface area contributed by atoms with E-state index in [0.29, 0.717) is 5.70 Å². The molecule has 0 saturated carbocycles. The third-order valence-corrected chi connectivity index (χ3v) is 2.28. The Labute approximate surface area is 88.8 Å². The summed E-state index contributed by atoms with van der Waals surface area (Å²) < 4.78 is 0. The second-order valence-electron chi connectivity index (χ2n) is 3.39. The lowest BCUT2D eigenvalue weighted by atomic mass is 10.2. The normalized spacial score (nSPS) is 14.2. The second-order valence-corrected chi connectivity index (χ2v) is 3.39. The van der Waals surface area contributed by atoms with Gasteiger partial charge in [-0.3, -0.25) is 0 Å². The van der Waals surface area contributed by atoms with E-state index in [9.17, 15) is 4.79 Å². The molecule has 0 saturated heterocycles. The van der Waals surface area contributed by atoms with Crippen LogP contribution in [0.25, 0.3) is 0 Å². The van der Waals surface area contributed by atoms with Crippen LogP contribution >= 0.6 is 0 Å². The fraction of sp³-hybridized carbons (Fsp3) is 0.0769. The molecular weight excluding hydrogens is 186 g/mol. The molecule has 0 spiro atoms. The summed E-state index contributed by atoms with van der Waals surface area (Å²) >= 11 is 0. The first-order valence-corrected chi connectivity index (χ1v) is 4.77. The van der Waals surface area contributed by atoms with Gasteiger partial charge >= 0.3 is 0 Å². The first kappa shape index (κ1) is 9.50. The minimum absolute atomic E-state index is 0.529. The van der Waals surface area contributed by atoms with Gasteiger partial charge in [-0.05, 0) is 31.2 Å². The number of hydrogen-bond donors (Lipinski definition) is 0. The van der Waals surface area contributed by atoms with Crippen molar-refractivity contribution >= 4 is 11.6 Å². The monoisotopic (exact) mass is 197 g/mol. The molecular formula is C13H11NO. The molecule has 1 aliphatic rings. The van der Waals surface area contributed by atoms with Crippen LogP contribution in [-0.4, -0.2) is 5.94 Å². The first-order valence-electron chi connectivity index (χ1n) is 4.77. The fourth-order valence-electron chi connectivity index (χ4n) is 1.46. The fourth-order valence-corrected chi connectivity index (χ4v) is 1.46. The van der Waals surface area contributed by atoms with E-state index in [0.717, 1.165) is 5.69 Å². The summed E-state index contributed by atoms with van der Waals surface area (Å²) in [6.45, 7) is 2.03. The zero-order valence-corrected chi connectivity index (χ0v) is 8.47. The van der Waals surface area contributed by atoms with E-state index < -0.39 is 0 Å². The highest BCUT2D eigenvalue weighted by atomic mass is 16.1. The van der Waals surface area contributed by atoms with Gasteiger partial charge in [0.1, 0.15) is 5.70 Å². The van der Waals surface area contributed by atoms with E-state index in [1.807, 2.05) is 60.4 Å². The van der Waals surface area contributed by atoms with Gasteiger partial charge in [0.15, 0.2) is 5.94 Å². The van der Waals surface area contributed by atoms with Crippen LogP contribution in [0.15, 0.2) is 54.4 Å². The molecule has 1 aromatic carbocycles. The molecule has 0 bridgehead atoms. The highest BCUT2D eigenvalue weighted by Gasteiger charge is 2.09. The minimum atomic E-state index is 0.529. The number of nitrogens with zero attached hydrogens (tertiary/aromatic N) is 1. The lowest BCUT2D eigenvalue weighted by Crippen LogP contribution is -2.15. The number of aryl methyl sites for hydroxylation is 1. The molecule has 0 fully saturated rings. The molecule has 0 aliphatic carbocycles. The Morgan fingerprint density at radius 2 is 1.87 bits per heavy atom. The summed E-state index contributed by atoms with van der Waals surface area (Å²) in [7, 11) is 0. The van der Waals surface area contributed by atoms with Crippen LogP contribution in [0.1, 0.15) is 5.56 Å². The quantitative estimate of drug-likeness (QED) is 0.645. The summed E-state index contributed by atoms with van der Waals surface area (Å²) in [5, 5.41) is 0. The summed E-state index contributed by atoms with van der Waals surface area (Å²) in [6.07, 6.45) is 7.31. The SMILES string of the molecule is Cc1ccc(N2C=CC=CC2=C=O)cc1. The van der Waals surface area contributed by atoms with Crippen molar-refractivity contribution in [3.63, 3.8) is 0 Å². The van der Waals surface area contributed by atoms with Crippen molar-refractivity contribution in [2.75, 3.05) is 4.90 Å². The van der Waals surface area contributed by atoms with E-state index in [-0.39, 0.29) is 0 Å². The molecule has 0 radical (unpaired) electrons. The van der Waals surface area contributed by atoms with Gasteiger partial charge in [-0.1, -0.05) is 23.8 Å². The minimum Gasteiger partial charge on any atom is -0.308 e. The van der Waals surface area contributed by atoms with Gasteiger partial charge in [-0.25, -0.2) is 4.79 Å². The molecule has 2 nitrogen and oxygen atoms in total. The average Bonchev–Trinajstić information content (AvgIpc) is 2.30. The molecule has 2 rings (SSSR count). The van der Waals surface area contributed by atoms with Crippen LogP contribution < -0.4 is 4.90 Å². The number of carbonyl (C=O) groups excluding carboxylic acids is 1. The number of benzene rings is 1. The maximum absolute atomic E-state index is 10.7. The van der Waals surface area contributed by atoms with Crippen molar-refractivity contribution < 1.29 is 4.79 Å².